The molecule has 0 spiro atoms. The first kappa shape index (κ1) is 37.1. The molecule has 1 heterocycles. The van der Waals surface area contributed by atoms with Crippen LogP contribution >= 0.6 is 0 Å². The predicted octanol–water partition coefficient (Wildman–Crippen LogP) is 17.7. The van der Waals surface area contributed by atoms with Gasteiger partial charge >= 0.3 is 0 Å². The van der Waals surface area contributed by atoms with E-state index in [1.165, 1.54) is 120 Å². The summed E-state index contributed by atoms with van der Waals surface area (Å²) in [5.41, 5.74) is 13.5. The summed E-state index contributed by atoms with van der Waals surface area (Å²) in [5.74, 6) is 0. The van der Waals surface area contributed by atoms with Crippen LogP contribution in [0.5, 0.6) is 0 Å². The van der Waals surface area contributed by atoms with Crippen molar-refractivity contribution in [1.82, 2.24) is 4.57 Å². The minimum atomic E-state index is 1.16. The van der Waals surface area contributed by atoms with Crippen molar-refractivity contribution in [3.8, 4) is 39.1 Å². The van der Waals surface area contributed by atoms with Crippen LogP contribution in [-0.2, 0) is 0 Å². The van der Waals surface area contributed by atoms with Crippen LogP contribution in [-0.4, -0.2) is 4.57 Å². The number of hydrogen-bond donors (Lipinski definition) is 0. The Hall–Kier alpha value is -8.52. The molecule has 0 aliphatic rings. The quantitative estimate of drug-likeness (QED) is 0.116. The summed E-state index contributed by atoms with van der Waals surface area (Å²) in [6.45, 7) is 0. The molecule has 13 aromatic rings. The maximum absolute atomic E-state index is 2.39. The molecule has 1 heteroatoms. The lowest BCUT2D eigenvalue weighted by atomic mass is 9.84. The minimum absolute atomic E-state index is 1.16. The maximum atomic E-state index is 2.39. The molecule has 0 N–H and O–H groups in total. The fourth-order valence-corrected chi connectivity index (χ4v) is 10.7. The maximum Gasteiger partial charge on any atom is 0.0541 e. The second-order valence-electron chi connectivity index (χ2n) is 17.1. The van der Waals surface area contributed by atoms with Crippen LogP contribution in [0.15, 0.2) is 237 Å². The van der Waals surface area contributed by atoms with E-state index in [0.29, 0.717) is 0 Å². The van der Waals surface area contributed by atoms with Gasteiger partial charge in [0.15, 0.2) is 0 Å². The largest absolute Gasteiger partial charge is 0.309 e. The Labute approximate surface area is 377 Å². The van der Waals surface area contributed by atoms with Gasteiger partial charge < -0.3 is 4.57 Å². The third-order valence-electron chi connectivity index (χ3n) is 13.6. The molecular weight excluding hydrogens is 783 g/mol. The van der Waals surface area contributed by atoms with Crippen LogP contribution in [0.3, 0.4) is 0 Å². The molecular formula is C64H41N. The summed E-state index contributed by atoms with van der Waals surface area (Å²) >= 11 is 0. The van der Waals surface area contributed by atoms with E-state index in [1.54, 1.807) is 0 Å². The van der Waals surface area contributed by atoms with E-state index in [1.807, 2.05) is 0 Å². The molecule has 0 atom stereocenters. The van der Waals surface area contributed by atoms with E-state index < -0.39 is 0 Å². The molecule has 0 fully saturated rings. The Morgan fingerprint density at radius 2 is 0.646 bits per heavy atom. The number of para-hydroxylation sites is 2. The van der Waals surface area contributed by atoms with Crippen molar-refractivity contribution < 1.29 is 0 Å². The normalized spacial score (nSPS) is 11.9. The van der Waals surface area contributed by atoms with Gasteiger partial charge in [0.25, 0.3) is 0 Å². The lowest BCUT2D eigenvalue weighted by Crippen LogP contribution is -1.95. The van der Waals surface area contributed by atoms with E-state index >= 15 is 0 Å². The summed E-state index contributed by atoms with van der Waals surface area (Å²) in [6.07, 6.45) is 4.59. The summed E-state index contributed by atoms with van der Waals surface area (Å²) in [4.78, 5) is 0. The molecule has 13 rings (SSSR count). The highest BCUT2D eigenvalue weighted by Crippen LogP contribution is 2.46. The van der Waals surface area contributed by atoms with Gasteiger partial charge in [-0.3, -0.25) is 0 Å². The molecule has 0 saturated carbocycles. The van der Waals surface area contributed by atoms with Gasteiger partial charge in [0.1, 0.15) is 0 Å². The summed E-state index contributed by atoms with van der Waals surface area (Å²) in [5, 5.41) is 15.0. The Morgan fingerprint density at radius 1 is 0.246 bits per heavy atom. The molecule has 1 nitrogen and oxygen atoms in total. The molecule has 0 saturated heterocycles. The van der Waals surface area contributed by atoms with Crippen molar-refractivity contribution in [1.29, 1.82) is 0 Å². The first-order valence-corrected chi connectivity index (χ1v) is 22.5. The van der Waals surface area contributed by atoms with Gasteiger partial charge in [0.2, 0.25) is 0 Å². The molecule has 12 aromatic carbocycles. The zero-order valence-electron chi connectivity index (χ0n) is 35.6. The number of benzene rings is 12. The van der Waals surface area contributed by atoms with Gasteiger partial charge in [-0.05, 0) is 123 Å². The molecule has 65 heavy (non-hydrogen) atoms. The van der Waals surface area contributed by atoms with Crippen molar-refractivity contribution in [3.63, 3.8) is 0 Å². The van der Waals surface area contributed by atoms with Crippen molar-refractivity contribution in [2.24, 2.45) is 0 Å². The van der Waals surface area contributed by atoms with E-state index in [9.17, 15) is 0 Å². The van der Waals surface area contributed by atoms with Crippen LogP contribution < -0.4 is 0 Å². The Bertz CT molecular complexity index is 3940. The van der Waals surface area contributed by atoms with E-state index in [-0.39, 0.29) is 0 Å². The monoisotopic (exact) mass is 823 g/mol. The molecule has 0 radical (unpaired) electrons. The zero-order valence-corrected chi connectivity index (χ0v) is 35.6. The first-order valence-electron chi connectivity index (χ1n) is 22.5. The fraction of sp³-hybridized carbons (Fsp3) is 0. The predicted molar refractivity (Wildman–Crippen MR) is 280 cm³/mol. The second kappa shape index (κ2) is 15.1. The second-order valence-corrected chi connectivity index (χ2v) is 17.1. The highest BCUT2D eigenvalue weighted by Gasteiger charge is 2.19. The average molecular weight is 824 g/mol. The Balaban J connectivity index is 0.929. The summed E-state index contributed by atoms with van der Waals surface area (Å²) in [6, 6.07) is 86.8. The van der Waals surface area contributed by atoms with Gasteiger partial charge in [-0.15, -0.1) is 0 Å². The molecule has 1 aromatic heterocycles. The lowest BCUT2D eigenvalue weighted by molar-refractivity contribution is 1.18. The molecule has 0 amide bonds. The third-order valence-corrected chi connectivity index (χ3v) is 13.6. The van der Waals surface area contributed by atoms with Crippen LogP contribution in [0.1, 0.15) is 11.1 Å². The van der Waals surface area contributed by atoms with Gasteiger partial charge in [-0.2, -0.15) is 0 Å². The first-order chi connectivity index (χ1) is 32.3. The van der Waals surface area contributed by atoms with Crippen molar-refractivity contribution >= 4 is 87.8 Å². The van der Waals surface area contributed by atoms with Crippen LogP contribution in [0.2, 0.25) is 0 Å². The van der Waals surface area contributed by atoms with E-state index in [2.05, 4.69) is 253 Å². The molecule has 0 unspecified atom stereocenters. The van der Waals surface area contributed by atoms with E-state index in [4.69, 9.17) is 0 Å². The molecule has 0 bridgehead atoms. The molecule has 302 valence electrons. The summed E-state index contributed by atoms with van der Waals surface area (Å²) < 4.78 is 2.39. The van der Waals surface area contributed by atoms with Gasteiger partial charge in [0.05, 0.1) is 11.0 Å². The summed E-state index contributed by atoms with van der Waals surface area (Å²) in [7, 11) is 0. The highest BCUT2D eigenvalue weighted by molar-refractivity contribution is 6.24. The third kappa shape index (κ3) is 5.94. The van der Waals surface area contributed by atoms with E-state index in [0.717, 1.165) is 5.69 Å². The topological polar surface area (TPSA) is 4.93 Å². The lowest BCUT2D eigenvalue weighted by Gasteiger charge is -2.19. The highest BCUT2D eigenvalue weighted by atomic mass is 15.0. The number of rotatable bonds is 6. The van der Waals surface area contributed by atoms with Crippen molar-refractivity contribution in [3.05, 3.63) is 248 Å². The Morgan fingerprint density at radius 3 is 1.22 bits per heavy atom. The SMILES string of the molecule is C(=Cc1ccc(-c2c3ccccc3c(-c3ccc(-n4c5ccccc5c5ccccc54)cc3)c3ccccc23)c2ccccc12)c1ccc(-c2cccc3ccccc23)c2ccccc12. The average Bonchev–Trinajstić information content (AvgIpc) is 3.71. The van der Waals surface area contributed by atoms with Crippen molar-refractivity contribution in [2.45, 2.75) is 0 Å². The van der Waals surface area contributed by atoms with Gasteiger partial charge in [-0.1, -0.05) is 224 Å². The van der Waals surface area contributed by atoms with Crippen molar-refractivity contribution in [2.75, 3.05) is 0 Å². The molecule has 0 aliphatic heterocycles. The number of aromatic nitrogens is 1. The van der Waals surface area contributed by atoms with Gasteiger partial charge in [-0.25, -0.2) is 0 Å². The number of nitrogens with zero attached hydrogens (tertiary/aromatic N) is 1. The Kier molecular flexibility index (Phi) is 8.60. The van der Waals surface area contributed by atoms with Gasteiger partial charge in [0, 0.05) is 16.5 Å². The smallest absolute Gasteiger partial charge is 0.0541 e. The molecule has 0 aliphatic carbocycles. The number of fused-ring (bicyclic) bond motifs is 8. The van der Waals surface area contributed by atoms with Crippen LogP contribution in [0.4, 0.5) is 0 Å². The minimum Gasteiger partial charge on any atom is -0.309 e. The zero-order chi connectivity index (χ0) is 42.8. The number of hydrogen-bond acceptors (Lipinski definition) is 0. The fourth-order valence-electron chi connectivity index (χ4n) is 10.7. The standard InChI is InChI=1S/C64H41N/c1-2-18-47-42(16-1)17-15-29-51(47)53-40-36-43(48-19-3-5-21-50(48)53)32-33-44-37-41-60(52-22-6-4-20-49(44)52)64-58-27-9-7-25-56(58)63(57-26-8-10-28-59(57)64)45-34-38-46(39-35-45)65-61-30-13-11-23-54(61)55-24-12-14-31-62(55)65/h1-41H. The van der Waals surface area contributed by atoms with Crippen LogP contribution in [0.25, 0.3) is 127 Å². The van der Waals surface area contributed by atoms with Crippen LogP contribution in [0, 0.1) is 0 Å².